The van der Waals surface area contributed by atoms with Crippen molar-refractivity contribution < 1.29 is 9.53 Å². The van der Waals surface area contributed by atoms with Gasteiger partial charge in [0.25, 0.3) is 5.91 Å². The van der Waals surface area contributed by atoms with Crippen LogP contribution in [0.3, 0.4) is 0 Å². The summed E-state index contributed by atoms with van der Waals surface area (Å²) in [6.07, 6.45) is 0. The van der Waals surface area contributed by atoms with Gasteiger partial charge in [-0.05, 0) is 24.3 Å². The number of ether oxygens (including phenoxy) is 1. The van der Waals surface area contributed by atoms with Gasteiger partial charge in [0.2, 0.25) is 0 Å². The quantitative estimate of drug-likeness (QED) is 0.609. The highest BCUT2D eigenvalue weighted by Crippen LogP contribution is 2.20. The summed E-state index contributed by atoms with van der Waals surface area (Å²) >= 11 is 0. The van der Waals surface area contributed by atoms with E-state index in [9.17, 15) is 4.79 Å². The van der Waals surface area contributed by atoms with Gasteiger partial charge in [-0.1, -0.05) is 30.3 Å². The van der Waals surface area contributed by atoms with Crippen molar-refractivity contribution in [1.82, 2.24) is 10.6 Å². The smallest absolute Gasteiger partial charge is 0.253 e. The lowest BCUT2D eigenvalue weighted by Crippen LogP contribution is -2.33. The molecule has 2 aromatic carbocycles. The summed E-state index contributed by atoms with van der Waals surface area (Å²) in [5.74, 6) is -0.0856. The number of benzene rings is 2. The molecule has 130 valence electrons. The Bertz CT molecular complexity index is 608. The zero-order valence-electron chi connectivity index (χ0n) is 13.7. The van der Waals surface area contributed by atoms with Crippen LogP contribution in [0.5, 0.6) is 0 Å². The van der Waals surface area contributed by atoms with Crippen molar-refractivity contribution in [1.29, 1.82) is 0 Å². The first-order chi connectivity index (χ1) is 11.3. The maximum absolute atomic E-state index is 12.3. The van der Waals surface area contributed by atoms with Gasteiger partial charge in [0.1, 0.15) is 0 Å². The molecule has 0 aliphatic carbocycles. The van der Waals surface area contributed by atoms with E-state index in [-0.39, 0.29) is 18.3 Å². The minimum absolute atomic E-state index is 0. The van der Waals surface area contributed by atoms with Gasteiger partial charge in [0.15, 0.2) is 0 Å². The molecule has 1 amide bonds. The van der Waals surface area contributed by atoms with Crippen LogP contribution in [0.25, 0.3) is 0 Å². The zero-order valence-corrected chi connectivity index (χ0v) is 14.6. The number of halogens is 1. The maximum atomic E-state index is 12.3. The number of methoxy groups -OCH3 is 1. The number of carbonyl (C=O) groups is 1. The Balaban J connectivity index is 0.00000288. The van der Waals surface area contributed by atoms with Crippen molar-refractivity contribution in [2.75, 3.05) is 38.7 Å². The van der Waals surface area contributed by atoms with Gasteiger partial charge in [-0.25, -0.2) is 0 Å². The number of amides is 1. The second kappa shape index (κ2) is 11.5. The van der Waals surface area contributed by atoms with Crippen LogP contribution in [0.2, 0.25) is 0 Å². The molecule has 0 fully saturated rings. The summed E-state index contributed by atoms with van der Waals surface area (Å²) in [5.41, 5.74) is 2.38. The van der Waals surface area contributed by atoms with E-state index in [0.29, 0.717) is 25.3 Å². The molecule has 0 bridgehead atoms. The predicted molar refractivity (Wildman–Crippen MR) is 100 cm³/mol. The summed E-state index contributed by atoms with van der Waals surface area (Å²) < 4.78 is 4.95. The van der Waals surface area contributed by atoms with E-state index >= 15 is 0 Å². The predicted octanol–water partition coefficient (Wildman–Crippen LogP) is 2.82. The van der Waals surface area contributed by atoms with Crippen molar-refractivity contribution >= 4 is 29.7 Å². The van der Waals surface area contributed by atoms with E-state index in [2.05, 4.69) is 16.0 Å². The van der Waals surface area contributed by atoms with Crippen LogP contribution < -0.4 is 16.0 Å². The highest BCUT2D eigenvalue weighted by atomic mass is 35.5. The summed E-state index contributed by atoms with van der Waals surface area (Å²) in [5, 5.41) is 9.39. The molecule has 2 rings (SSSR count). The molecular formula is C18H24ClN3O2. The molecule has 0 heterocycles. The van der Waals surface area contributed by atoms with Crippen LogP contribution >= 0.6 is 12.4 Å². The fourth-order valence-corrected chi connectivity index (χ4v) is 2.13. The molecule has 24 heavy (non-hydrogen) atoms. The van der Waals surface area contributed by atoms with Gasteiger partial charge < -0.3 is 20.7 Å². The van der Waals surface area contributed by atoms with E-state index < -0.39 is 0 Å². The fraction of sp³-hybridized carbons (Fsp3) is 0.278. The van der Waals surface area contributed by atoms with Gasteiger partial charge in [0, 0.05) is 32.4 Å². The molecule has 0 saturated heterocycles. The average Bonchev–Trinajstić information content (AvgIpc) is 2.59. The van der Waals surface area contributed by atoms with E-state index in [1.165, 1.54) is 0 Å². The third kappa shape index (κ3) is 6.58. The van der Waals surface area contributed by atoms with E-state index in [1.807, 2.05) is 54.6 Å². The molecule has 0 spiro atoms. The second-order valence-corrected chi connectivity index (χ2v) is 5.04. The molecule has 5 nitrogen and oxygen atoms in total. The minimum atomic E-state index is -0.0856. The zero-order chi connectivity index (χ0) is 16.3. The van der Waals surface area contributed by atoms with Gasteiger partial charge in [-0.15, -0.1) is 12.4 Å². The molecular weight excluding hydrogens is 326 g/mol. The molecule has 0 unspecified atom stereocenters. The molecule has 0 aliphatic heterocycles. The normalized spacial score (nSPS) is 9.88. The Labute approximate surface area is 149 Å². The number of para-hydroxylation sites is 2. The topological polar surface area (TPSA) is 62.4 Å². The molecule has 2 aromatic rings. The Hall–Kier alpha value is -2.08. The van der Waals surface area contributed by atoms with Crippen LogP contribution in [-0.2, 0) is 4.74 Å². The van der Waals surface area contributed by atoms with E-state index in [4.69, 9.17) is 4.74 Å². The first-order valence-corrected chi connectivity index (χ1v) is 7.70. The van der Waals surface area contributed by atoms with Crippen LogP contribution in [0.4, 0.5) is 11.4 Å². The molecule has 0 aliphatic rings. The number of carbonyl (C=O) groups excluding carboxylic acids is 1. The van der Waals surface area contributed by atoms with E-state index in [0.717, 1.165) is 17.9 Å². The van der Waals surface area contributed by atoms with Gasteiger partial charge in [0.05, 0.1) is 17.9 Å². The second-order valence-electron chi connectivity index (χ2n) is 5.04. The SMILES string of the molecule is COCCNCCNC(=O)c1ccccc1Nc1ccccc1.Cl. The lowest BCUT2D eigenvalue weighted by molar-refractivity contribution is 0.0954. The Morgan fingerprint density at radius 3 is 2.42 bits per heavy atom. The summed E-state index contributed by atoms with van der Waals surface area (Å²) in [6.45, 7) is 2.72. The van der Waals surface area contributed by atoms with E-state index in [1.54, 1.807) is 7.11 Å². The summed E-state index contributed by atoms with van der Waals surface area (Å²) in [6, 6.07) is 17.3. The number of nitrogens with one attached hydrogen (secondary N) is 3. The first kappa shape index (κ1) is 20.0. The Morgan fingerprint density at radius 2 is 1.67 bits per heavy atom. The number of anilines is 2. The molecule has 0 atom stereocenters. The van der Waals surface area contributed by atoms with Crippen LogP contribution in [0.15, 0.2) is 54.6 Å². The maximum Gasteiger partial charge on any atom is 0.253 e. The monoisotopic (exact) mass is 349 g/mol. The molecule has 3 N–H and O–H groups in total. The lowest BCUT2D eigenvalue weighted by atomic mass is 10.1. The Kier molecular flexibility index (Phi) is 9.53. The van der Waals surface area contributed by atoms with Crippen molar-refractivity contribution in [3.05, 3.63) is 60.2 Å². The van der Waals surface area contributed by atoms with Crippen molar-refractivity contribution in [2.45, 2.75) is 0 Å². The largest absolute Gasteiger partial charge is 0.383 e. The summed E-state index contributed by atoms with van der Waals surface area (Å²) in [7, 11) is 1.67. The Morgan fingerprint density at radius 1 is 0.958 bits per heavy atom. The molecule has 6 heteroatoms. The number of hydrogen-bond donors (Lipinski definition) is 3. The third-order valence-corrected chi connectivity index (χ3v) is 3.29. The van der Waals surface area contributed by atoms with Gasteiger partial charge in [-0.2, -0.15) is 0 Å². The number of hydrogen-bond acceptors (Lipinski definition) is 4. The first-order valence-electron chi connectivity index (χ1n) is 7.70. The lowest BCUT2D eigenvalue weighted by Gasteiger charge is -2.12. The summed E-state index contributed by atoms with van der Waals surface area (Å²) in [4.78, 5) is 12.3. The fourth-order valence-electron chi connectivity index (χ4n) is 2.13. The van der Waals surface area contributed by atoms with Gasteiger partial charge in [-0.3, -0.25) is 4.79 Å². The third-order valence-electron chi connectivity index (χ3n) is 3.29. The van der Waals surface area contributed by atoms with Crippen molar-refractivity contribution in [2.24, 2.45) is 0 Å². The number of rotatable bonds is 9. The molecule has 0 aromatic heterocycles. The van der Waals surface area contributed by atoms with Crippen LogP contribution in [-0.4, -0.2) is 39.3 Å². The highest BCUT2D eigenvalue weighted by molar-refractivity contribution is 6.00. The molecule has 0 radical (unpaired) electrons. The highest BCUT2D eigenvalue weighted by Gasteiger charge is 2.10. The van der Waals surface area contributed by atoms with Gasteiger partial charge >= 0.3 is 0 Å². The van der Waals surface area contributed by atoms with Crippen molar-refractivity contribution in [3.63, 3.8) is 0 Å². The standard InChI is InChI=1S/C18H23N3O2.ClH/c1-23-14-13-19-11-12-20-18(22)16-9-5-6-10-17(16)21-15-7-3-2-4-8-15;/h2-10,19,21H,11-14H2,1H3,(H,20,22);1H. The minimum Gasteiger partial charge on any atom is -0.383 e. The average molecular weight is 350 g/mol. The van der Waals surface area contributed by atoms with Crippen LogP contribution in [0.1, 0.15) is 10.4 Å². The van der Waals surface area contributed by atoms with Crippen molar-refractivity contribution in [3.8, 4) is 0 Å². The molecule has 0 saturated carbocycles. The van der Waals surface area contributed by atoms with Crippen LogP contribution in [0, 0.1) is 0 Å².